The molecule has 0 aliphatic rings. The standard InChI is InChI=1S/C15H8BrClO2/c16-9-5-6-14-11(7-9)13(18)8-15(19-14)10-3-1-2-4-12(10)17/h1-8H. The molecule has 2 aromatic carbocycles. The molecule has 19 heavy (non-hydrogen) atoms. The second-order valence-electron chi connectivity index (χ2n) is 4.10. The Morgan fingerprint density at radius 2 is 1.84 bits per heavy atom. The molecule has 0 unspecified atom stereocenters. The molecule has 0 radical (unpaired) electrons. The van der Waals surface area contributed by atoms with Gasteiger partial charge in [0, 0.05) is 16.1 Å². The average Bonchev–Trinajstić information content (AvgIpc) is 2.40. The van der Waals surface area contributed by atoms with E-state index in [2.05, 4.69) is 15.9 Å². The number of fused-ring (bicyclic) bond motifs is 1. The Morgan fingerprint density at radius 3 is 2.63 bits per heavy atom. The summed E-state index contributed by atoms with van der Waals surface area (Å²) in [6.45, 7) is 0. The summed E-state index contributed by atoms with van der Waals surface area (Å²) in [7, 11) is 0. The second kappa shape index (κ2) is 4.83. The Morgan fingerprint density at radius 1 is 1.05 bits per heavy atom. The molecule has 3 aromatic rings. The third-order valence-corrected chi connectivity index (χ3v) is 3.65. The molecular formula is C15H8BrClO2. The Labute approximate surface area is 122 Å². The quantitative estimate of drug-likeness (QED) is 0.634. The minimum absolute atomic E-state index is 0.0857. The number of halogens is 2. The third-order valence-electron chi connectivity index (χ3n) is 2.83. The van der Waals surface area contributed by atoms with Crippen molar-refractivity contribution in [2.75, 3.05) is 0 Å². The summed E-state index contributed by atoms with van der Waals surface area (Å²) in [5, 5.41) is 1.10. The number of benzene rings is 2. The molecule has 0 saturated carbocycles. The molecule has 1 heterocycles. The number of hydrogen-bond donors (Lipinski definition) is 0. The molecule has 2 nitrogen and oxygen atoms in total. The molecule has 0 atom stereocenters. The van der Waals surface area contributed by atoms with Gasteiger partial charge in [-0.05, 0) is 30.3 Å². The van der Waals surface area contributed by atoms with Crippen LogP contribution in [0.3, 0.4) is 0 Å². The lowest BCUT2D eigenvalue weighted by molar-refractivity contribution is 0.619. The van der Waals surface area contributed by atoms with Gasteiger partial charge in [0.15, 0.2) is 5.43 Å². The Kier molecular flexibility index (Phi) is 3.17. The predicted octanol–water partition coefficient (Wildman–Crippen LogP) is 4.88. The van der Waals surface area contributed by atoms with Crippen molar-refractivity contribution in [1.29, 1.82) is 0 Å². The summed E-state index contributed by atoms with van der Waals surface area (Å²) in [5.74, 6) is 0.477. The van der Waals surface area contributed by atoms with E-state index in [9.17, 15) is 4.79 Å². The smallest absolute Gasteiger partial charge is 0.193 e. The van der Waals surface area contributed by atoms with E-state index in [1.807, 2.05) is 24.3 Å². The molecule has 0 N–H and O–H groups in total. The first-order chi connectivity index (χ1) is 9.15. The topological polar surface area (TPSA) is 30.2 Å². The predicted molar refractivity (Wildman–Crippen MR) is 80.6 cm³/mol. The van der Waals surface area contributed by atoms with Crippen molar-refractivity contribution in [3.63, 3.8) is 0 Å². The molecule has 0 fully saturated rings. The maximum Gasteiger partial charge on any atom is 0.193 e. The largest absolute Gasteiger partial charge is 0.456 e. The molecular weight excluding hydrogens is 328 g/mol. The zero-order valence-electron chi connectivity index (χ0n) is 9.69. The van der Waals surface area contributed by atoms with Crippen LogP contribution in [0.5, 0.6) is 0 Å². The fourth-order valence-electron chi connectivity index (χ4n) is 1.92. The lowest BCUT2D eigenvalue weighted by atomic mass is 10.1. The van der Waals surface area contributed by atoms with Gasteiger partial charge in [-0.2, -0.15) is 0 Å². The highest BCUT2D eigenvalue weighted by Gasteiger charge is 2.09. The molecule has 0 aliphatic heterocycles. The summed E-state index contributed by atoms with van der Waals surface area (Å²) < 4.78 is 6.60. The molecule has 4 heteroatoms. The first-order valence-electron chi connectivity index (χ1n) is 5.63. The van der Waals surface area contributed by atoms with Gasteiger partial charge >= 0.3 is 0 Å². The van der Waals surface area contributed by atoms with Crippen LogP contribution in [0.25, 0.3) is 22.3 Å². The summed E-state index contributed by atoms with van der Waals surface area (Å²) in [4.78, 5) is 12.1. The molecule has 0 saturated heterocycles. The Hall–Kier alpha value is -1.58. The number of rotatable bonds is 1. The molecule has 1 aromatic heterocycles. The van der Waals surface area contributed by atoms with Crippen LogP contribution in [0.15, 0.2) is 62.2 Å². The van der Waals surface area contributed by atoms with E-state index >= 15 is 0 Å². The lowest BCUT2D eigenvalue weighted by Gasteiger charge is -2.05. The SMILES string of the molecule is O=c1cc(-c2ccccc2Cl)oc2ccc(Br)cc12. The van der Waals surface area contributed by atoms with Gasteiger partial charge in [-0.15, -0.1) is 0 Å². The van der Waals surface area contributed by atoms with Crippen LogP contribution in [-0.4, -0.2) is 0 Å². The first-order valence-corrected chi connectivity index (χ1v) is 6.80. The summed E-state index contributed by atoms with van der Waals surface area (Å²) in [6, 6.07) is 14.1. The van der Waals surface area contributed by atoms with Crippen molar-refractivity contribution in [3.8, 4) is 11.3 Å². The maximum atomic E-state index is 12.1. The van der Waals surface area contributed by atoms with Crippen molar-refractivity contribution in [2.45, 2.75) is 0 Å². The highest BCUT2D eigenvalue weighted by atomic mass is 79.9. The van der Waals surface area contributed by atoms with Crippen LogP contribution < -0.4 is 5.43 Å². The summed E-state index contributed by atoms with van der Waals surface area (Å²) >= 11 is 9.46. The van der Waals surface area contributed by atoms with Gasteiger partial charge < -0.3 is 4.42 Å². The van der Waals surface area contributed by atoms with Crippen molar-refractivity contribution >= 4 is 38.5 Å². The van der Waals surface area contributed by atoms with Crippen LogP contribution in [0, 0.1) is 0 Å². The monoisotopic (exact) mass is 334 g/mol. The minimum Gasteiger partial charge on any atom is -0.456 e. The van der Waals surface area contributed by atoms with Crippen molar-refractivity contribution in [3.05, 3.63) is 68.2 Å². The Bertz CT molecular complexity index is 824. The van der Waals surface area contributed by atoms with Gasteiger partial charge in [-0.3, -0.25) is 4.79 Å². The van der Waals surface area contributed by atoms with E-state index < -0.39 is 0 Å². The molecule has 0 aliphatic carbocycles. The zero-order chi connectivity index (χ0) is 13.4. The van der Waals surface area contributed by atoms with E-state index in [0.717, 1.165) is 4.47 Å². The van der Waals surface area contributed by atoms with Crippen LogP contribution in [0.1, 0.15) is 0 Å². The van der Waals surface area contributed by atoms with Crippen molar-refractivity contribution in [1.82, 2.24) is 0 Å². The van der Waals surface area contributed by atoms with Crippen LogP contribution in [0.2, 0.25) is 5.02 Å². The second-order valence-corrected chi connectivity index (χ2v) is 5.42. The Balaban J connectivity index is 2.31. The van der Waals surface area contributed by atoms with Gasteiger partial charge in [0.2, 0.25) is 0 Å². The van der Waals surface area contributed by atoms with E-state index in [0.29, 0.717) is 27.3 Å². The van der Waals surface area contributed by atoms with Gasteiger partial charge in [-0.25, -0.2) is 0 Å². The lowest BCUT2D eigenvalue weighted by Crippen LogP contribution is -2.00. The molecule has 0 spiro atoms. The summed E-state index contributed by atoms with van der Waals surface area (Å²) in [5.41, 5.74) is 1.18. The normalized spacial score (nSPS) is 10.8. The molecule has 94 valence electrons. The molecule has 3 rings (SSSR count). The van der Waals surface area contributed by atoms with Crippen LogP contribution >= 0.6 is 27.5 Å². The van der Waals surface area contributed by atoms with Crippen LogP contribution in [0.4, 0.5) is 0 Å². The maximum absolute atomic E-state index is 12.1. The fourth-order valence-corrected chi connectivity index (χ4v) is 2.51. The van der Waals surface area contributed by atoms with Gasteiger partial charge in [0.05, 0.1) is 10.4 Å². The highest BCUT2D eigenvalue weighted by Crippen LogP contribution is 2.29. The van der Waals surface area contributed by atoms with Gasteiger partial charge in [0.1, 0.15) is 11.3 Å². The summed E-state index contributed by atoms with van der Waals surface area (Å²) in [6.07, 6.45) is 0. The van der Waals surface area contributed by atoms with E-state index in [1.54, 1.807) is 18.2 Å². The fraction of sp³-hybridized carbons (Fsp3) is 0. The van der Waals surface area contributed by atoms with E-state index in [4.69, 9.17) is 16.0 Å². The van der Waals surface area contributed by atoms with Gasteiger partial charge in [-0.1, -0.05) is 39.7 Å². The first kappa shape index (κ1) is 12.5. The van der Waals surface area contributed by atoms with Crippen molar-refractivity contribution < 1.29 is 4.42 Å². The molecule has 0 amide bonds. The average molecular weight is 336 g/mol. The van der Waals surface area contributed by atoms with E-state index in [-0.39, 0.29) is 5.43 Å². The number of hydrogen-bond acceptors (Lipinski definition) is 2. The third kappa shape index (κ3) is 2.31. The van der Waals surface area contributed by atoms with Crippen LogP contribution in [-0.2, 0) is 0 Å². The van der Waals surface area contributed by atoms with E-state index in [1.165, 1.54) is 6.07 Å². The van der Waals surface area contributed by atoms with Crippen molar-refractivity contribution in [2.24, 2.45) is 0 Å². The zero-order valence-corrected chi connectivity index (χ0v) is 12.0. The minimum atomic E-state index is -0.0857. The molecule has 0 bridgehead atoms. The van der Waals surface area contributed by atoms with Gasteiger partial charge in [0.25, 0.3) is 0 Å². The highest BCUT2D eigenvalue weighted by molar-refractivity contribution is 9.10.